The van der Waals surface area contributed by atoms with Gasteiger partial charge in [-0.25, -0.2) is 9.37 Å². The number of aromatic nitrogens is 2. The van der Waals surface area contributed by atoms with E-state index in [0.717, 1.165) is 6.42 Å². The topological polar surface area (TPSA) is 98.4 Å². The number of nitrogens with zero attached hydrogens (tertiary/aromatic N) is 3. The number of hydrogen-bond donors (Lipinski definition) is 1. The fourth-order valence-corrected chi connectivity index (χ4v) is 3.11. The highest BCUT2D eigenvalue weighted by atomic mass is 19.1. The van der Waals surface area contributed by atoms with Crippen molar-refractivity contribution >= 4 is 11.8 Å². The standard InChI is InChI=1S/C19H21FN4O3/c1-12-11-17(27-15-7-3-2-5-13(15)20)23-19(22-12)14-6-4-10-24(14)18(26)9-8-16(21)25/h2-3,5,7,11,14H,4,6,8-10H2,1H3,(H2,21,25)/t14-/m1/s1. The summed E-state index contributed by atoms with van der Waals surface area (Å²) < 4.78 is 19.4. The molecule has 2 aromatic rings. The number of para-hydroxylation sites is 1. The predicted octanol–water partition coefficient (Wildman–Crippen LogP) is 2.65. The first kappa shape index (κ1) is 18.8. The molecule has 142 valence electrons. The van der Waals surface area contributed by atoms with E-state index in [1.165, 1.54) is 12.1 Å². The number of carbonyl (C=O) groups excluding carboxylic acids is 2. The molecule has 2 amide bonds. The lowest BCUT2D eigenvalue weighted by molar-refractivity contribution is -0.134. The zero-order valence-electron chi connectivity index (χ0n) is 15.0. The van der Waals surface area contributed by atoms with E-state index in [2.05, 4.69) is 9.97 Å². The van der Waals surface area contributed by atoms with E-state index in [0.29, 0.717) is 24.5 Å². The first-order valence-electron chi connectivity index (χ1n) is 8.80. The summed E-state index contributed by atoms with van der Waals surface area (Å²) >= 11 is 0. The smallest absolute Gasteiger partial charge is 0.223 e. The number of aryl methyl sites for hydroxylation is 1. The van der Waals surface area contributed by atoms with E-state index < -0.39 is 11.7 Å². The van der Waals surface area contributed by atoms with Gasteiger partial charge < -0.3 is 15.4 Å². The zero-order valence-corrected chi connectivity index (χ0v) is 15.0. The minimum absolute atomic E-state index is 0.0123. The van der Waals surface area contributed by atoms with Crippen molar-refractivity contribution in [3.63, 3.8) is 0 Å². The van der Waals surface area contributed by atoms with Crippen LogP contribution in [0, 0.1) is 12.7 Å². The second kappa shape index (κ2) is 8.11. The van der Waals surface area contributed by atoms with Gasteiger partial charge in [-0.2, -0.15) is 4.98 Å². The second-order valence-electron chi connectivity index (χ2n) is 6.45. The first-order valence-corrected chi connectivity index (χ1v) is 8.80. The maximum absolute atomic E-state index is 13.8. The molecule has 0 bridgehead atoms. The first-order chi connectivity index (χ1) is 12.9. The molecule has 0 unspecified atom stereocenters. The molecule has 3 rings (SSSR count). The highest BCUT2D eigenvalue weighted by Crippen LogP contribution is 2.32. The fraction of sp³-hybridized carbons (Fsp3) is 0.368. The van der Waals surface area contributed by atoms with Crippen molar-refractivity contribution in [1.82, 2.24) is 14.9 Å². The largest absolute Gasteiger partial charge is 0.436 e. The van der Waals surface area contributed by atoms with Crippen LogP contribution in [0.25, 0.3) is 0 Å². The van der Waals surface area contributed by atoms with E-state index in [9.17, 15) is 14.0 Å². The van der Waals surface area contributed by atoms with Crippen LogP contribution >= 0.6 is 0 Å². The number of benzene rings is 1. The van der Waals surface area contributed by atoms with Crippen LogP contribution in [0.1, 0.15) is 43.2 Å². The number of nitrogens with two attached hydrogens (primary N) is 1. The number of carbonyl (C=O) groups is 2. The minimum Gasteiger partial charge on any atom is -0.436 e. The number of ether oxygens (including phenoxy) is 1. The number of primary amides is 1. The van der Waals surface area contributed by atoms with Gasteiger partial charge in [-0.05, 0) is 31.9 Å². The summed E-state index contributed by atoms with van der Waals surface area (Å²) in [6, 6.07) is 7.39. The summed E-state index contributed by atoms with van der Waals surface area (Å²) in [6.45, 7) is 2.36. The molecule has 1 aromatic heterocycles. The van der Waals surface area contributed by atoms with Gasteiger partial charge in [0.05, 0.1) is 6.04 Å². The number of hydrogen-bond acceptors (Lipinski definition) is 5. The number of halogens is 1. The van der Waals surface area contributed by atoms with E-state index in [-0.39, 0.29) is 36.4 Å². The zero-order chi connectivity index (χ0) is 19.4. The van der Waals surface area contributed by atoms with Gasteiger partial charge in [0, 0.05) is 31.1 Å². The number of amides is 2. The third kappa shape index (κ3) is 4.58. The Balaban J connectivity index is 1.81. The second-order valence-corrected chi connectivity index (χ2v) is 6.45. The molecule has 0 radical (unpaired) electrons. The molecule has 2 heterocycles. The summed E-state index contributed by atoms with van der Waals surface area (Å²) in [5.41, 5.74) is 5.78. The summed E-state index contributed by atoms with van der Waals surface area (Å²) in [5.74, 6) is -0.406. The average molecular weight is 372 g/mol. The molecule has 2 N–H and O–H groups in total. The quantitative estimate of drug-likeness (QED) is 0.840. The monoisotopic (exact) mass is 372 g/mol. The maximum Gasteiger partial charge on any atom is 0.223 e. The Morgan fingerprint density at radius 2 is 2.07 bits per heavy atom. The van der Waals surface area contributed by atoms with Crippen molar-refractivity contribution in [2.24, 2.45) is 5.73 Å². The van der Waals surface area contributed by atoms with Gasteiger partial charge in [0.1, 0.15) is 0 Å². The molecule has 1 fully saturated rings. The highest BCUT2D eigenvalue weighted by Gasteiger charge is 2.32. The van der Waals surface area contributed by atoms with Gasteiger partial charge in [-0.3, -0.25) is 9.59 Å². The summed E-state index contributed by atoms with van der Waals surface area (Å²) in [7, 11) is 0. The molecule has 1 saturated heterocycles. The molecule has 1 aliphatic heterocycles. The lowest BCUT2D eigenvalue weighted by Gasteiger charge is -2.24. The third-order valence-electron chi connectivity index (χ3n) is 4.36. The summed E-state index contributed by atoms with van der Waals surface area (Å²) in [6.07, 6.45) is 1.60. The van der Waals surface area contributed by atoms with Gasteiger partial charge in [0.15, 0.2) is 17.4 Å². The van der Waals surface area contributed by atoms with Gasteiger partial charge in [-0.1, -0.05) is 12.1 Å². The van der Waals surface area contributed by atoms with Crippen LogP contribution in [-0.4, -0.2) is 33.2 Å². The summed E-state index contributed by atoms with van der Waals surface area (Å²) in [4.78, 5) is 33.9. The van der Waals surface area contributed by atoms with Gasteiger partial charge in [0.25, 0.3) is 0 Å². The fourth-order valence-electron chi connectivity index (χ4n) is 3.11. The molecule has 8 heteroatoms. The van der Waals surface area contributed by atoms with Crippen molar-refractivity contribution in [2.75, 3.05) is 6.54 Å². The number of likely N-dealkylation sites (tertiary alicyclic amines) is 1. The van der Waals surface area contributed by atoms with Crippen molar-refractivity contribution in [3.05, 3.63) is 47.7 Å². The van der Waals surface area contributed by atoms with Crippen molar-refractivity contribution in [1.29, 1.82) is 0 Å². The lowest BCUT2D eigenvalue weighted by Crippen LogP contribution is -2.32. The molecule has 1 atom stereocenters. The molecular formula is C19H21FN4O3. The van der Waals surface area contributed by atoms with Crippen LogP contribution in [0.2, 0.25) is 0 Å². The Morgan fingerprint density at radius 3 is 2.81 bits per heavy atom. The van der Waals surface area contributed by atoms with Crippen LogP contribution in [0.3, 0.4) is 0 Å². The Kier molecular flexibility index (Phi) is 5.63. The van der Waals surface area contributed by atoms with Gasteiger partial charge >= 0.3 is 0 Å². The number of rotatable bonds is 6. The Bertz CT molecular complexity index is 859. The molecular weight excluding hydrogens is 351 g/mol. The Hall–Kier alpha value is -3.03. The van der Waals surface area contributed by atoms with E-state index in [1.807, 2.05) is 0 Å². The third-order valence-corrected chi connectivity index (χ3v) is 4.36. The molecule has 7 nitrogen and oxygen atoms in total. The van der Waals surface area contributed by atoms with Crippen LogP contribution < -0.4 is 10.5 Å². The van der Waals surface area contributed by atoms with Crippen molar-refractivity contribution < 1.29 is 18.7 Å². The van der Waals surface area contributed by atoms with Gasteiger partial charge in [-0.15, -0.1) is 0 Å². The van der Waals surface area contributed by atoms with Crippen molar-refractivity contribution in [3.8, 4) is 11.6 Å². The molecule has 1 aromatic carbocycles. The molecule has 1 aliphatic rings. The minimum atomic E-state index is -0.508. The molecule has 27 heavy (non-hydrogen) atoms. The Labute approximate surface area is 156 Å². The van der Waals surface area contributed by atoms with E-state index >= 15 is 0 Å². The average Bonchev–Trinajstić information content (AvgIpc) is 3.11. The predicted molar refractivity (Wildman–Crippen MR) is 95.4 cm³/mol. The Morgan fingerprint density at radius 1 is 1.30 bits per heavy atom. The molecule has 0 spiro atoms. The van der Waals surface area contributed by atoms with E-state index in [1.54, 1.807) is 30.0 Å². The van der Waals surface area contributed by atoms with Crippen LogP contribution in [0.4, 0.5) is 4.39 Å². The van der Waals surface area contributed by atoms with Crippen LogP contribution in [-0.2, 0) is 9.59 Å². The SMILES string of the molecule is Cc1cc(Oc2ccccc2F)nc([C@H]2CCCN2C(=O)CCC(N)=O)n1. The summed E-state index contributed by atoms with van der Waals surface area (Å²) in [5, 5.41) is 0. The normalized spacial score (nSPS) is 16.4. The lowest BCUT2D eigenvalue weighted by atomic mass is 10.2. The molecule has 0 saturated carbocycles. The van der Waals surface area contributed by atoms with Crippen molar-refractivity contribution in [2.45, 2.75) is 38.6 Å². The van der Waals surface area contributed by atoms with E-state index in [4.69, 9.17) is 10.5 Å². The highest BCUT2D eigenvalue weighted by molar-refractivity contribution is 5.83. The molecule has 0 aliphatic carbocycles. The van der Waals surface area contributed by atoms with Gasteiger partial charge in [0.2, 0.25) is 17.7 Å². The van der Waals surface area contributed by atoms with Crippen LogP contribution in [0.5, 0.6) is 11.6 Å². The van der Waals surface area contributed by atoms with Crippen LogP contribution in [0.15, 0.2) is 30.3 Å². The maximum atomic E-state index is 13.8.